The van der Waals surface area contributed by atoms with Gasteiger partial charge in [0.25, 0.3) is 0 Å². The third-order valence-electron chi connectivity index (χ3n) is 8.04. The van der Waals surface area contributed by atoms with Crippen molar-refractivity contribution < 1.29 is 28.1 Å². The highest BCUT2D eigenvalue weighted by molar-refractivity contribution is 5.56. The molecule has 2 aromatic carbocycles. The average molecular weight is 444 g/mol. The summed E-state index contributed by atoms with van der Waals surface area (Å²) in [6.07, 6.45) is 1.39. The maximum Gasteiger partial charge on any atom is 0.573 e. The first-order valence-corrected chi connectivity index (χ1v) is 11.2. The Balaban J connectivity index is 1.39. The summed E-state index contributed by atoms with van der Waals surface area (Å²) in [6.45, 7) is 2.19. The number of phenols is 1. The van der Waals surface area contributed by atoms with Gasteiger partial charge in [-0.15, -0.1) is 13.2 Å². The van der Waals surface area contributed by atoms with E-state index in [2.05, 4.69) is 17.7 Å². The van der Waals surface area contributed by atoms with Gasteiger partial charge < -0.3 is 14.9 Å². The molecule has 32 heavy (non-hydrogen) atoms. The lowest BCUT2D eigenvalue weighted by Crippen LogP contribution is -2.44. The van der Waals surface area contributed by atoms with Crippen LogP contribution in [0.15, 0.2) is 48.0 Å². The van der Waals surface area contributed by atoms with Crippen molar-refractivity contribution in [2.45, 2.75) is 57.4 Å². The smallest absolute Gasteiger partial charge is 0.508 e. The summed E-state index contributed by atoms with van der Waals surface area (Å²) in [5.74, 6) is 1.35. The molecule has 0 spiro atoms. The second-order valence-corrected chi connectivity index (χ2v) is 9.79. The van der Waals surface area contributed by atoms with Crippen molar-refractivity contribution in [3.05, 3.63) is 64.7 Å². The molecule has 3 aliphatic carbocycles. The van der Waals surface area contributed by atoms with E-state index in [4.69, 9.17) is 0 Å². The van der Waals surface area contributed by atoms with E-state index in [0.717, 1.165) is 43.2 Å². The van der Waals surface area contributed by atoms with Crippen LogP contribution >= 0.6 is 0 Å². The third kappa shape index (κ3) is 3.68. The van der Waals surface area contributed by atoms with E-state index in [-0.39, 0.29) is 11.2 Å². The number of hydrogen-bond donors (Lipinski definition) is 2. The molecule has 0 unspecified atom stereocenters. The van der Waals surface area contributed by atoms with Crippen molar-refractivity contribution in [1.29, 1.82) is 0 Å². The summed E-state index contributed by atoms with van der Waals surface area (Å²) in [7, 11) is 0. The van der Waals surface area contributed by atoms with E-state index < -0.39 is 12.5 Å². The predicted molar refractivity (Wildman–Crippen MR) is 115 cm³/mol. The highest BCUT2D eigenvalue weighted by atomic mass is 19.4. The van der Waals surface area contributed by atoms with Crippen LogP contribution in [0.1, 0.15) is 55.2 Å². The fraction of sp³-hybridized carbons (Fsp3) is 0.462. The first-order chi connectivity index (χ1) is 15.1. The van der Waals surface area contributed by atoms with E-state index >= 15 is 0 Å². The number of aliphatic hydroxyl groups is 1. The van der Waals surface area contributed by atoms with Crippen LogP contribution in [0.2, 0.25) is 0 Å². The van der Waals surface area contributed by atoms with Crippen molar-refractivity contribution in [3.63, 3.8) is 0 Å². The molecule has 0 bridgehead atoms. The Morgan fingerprint density at radius 2 is 1.84 bits per heavy atom. The molecule has 5 atom stereocenters. The van der Waals surface area contributed by atoms with Gasteiger partial charge >= 0.3 is 6.36 Å². The minimum atomic E-state index is -4.71. The first-order valence-electron chi connectivity index (χ1n) is 11.2. The second kappa shape index (κ2) is 7.55. The molecule has 0 heterocycles. The minimum Gasteiger partial charge on any atom is -0.508 e. The molecule has 0 radical (unpaired) electrons. The summed E-state index contributed by atoms with van der Waals surface area (Å²) < 4.78 is 41.2. The molecule has 2 N–H and O–H groups in total. The molecule has 2 aromatic rings. The molecule has 2 saturated carbocycles. The van der Waals surface area contributed by atoms with Crippen LogP contribution in [0.3, 0.4) is 0 Å². The summed E-state index contributed by atoms with van der Waals surface area (Å²) in [5.41, 5.74) is 4.11. The van der Waals surface area contributed by atoms with Crippen LogP contribution in [-0.2, 0) is 6.42 Å². The molecule has 0 aliphatic heterocycles. The average Bonchev–Trinajstić information content (AvgIpc) is 2.98. The summed E-state index contributed by atoms with van der Waals surface area (Å²) in [5, 5.41) is 21.1. The van der Waals surface area contributed by atoms with Gasteiger partial charge in [-0.25, -0.2) is 0 Å². The van der Waals surface area contributed by atoms with Crippen molar-refractivity contribution in [3.8, 4) is 11.5 Å². The number of alkyl halides is 3. The number of fused-ring (bicyclic) bond motifs is 5. The molecule has 0 amide bonds. The van der Waals surface area contributed by atoms with Gasteiger partial charge in [-0.1, -0.05) is 31.2 Å². The van der Waals surface area contributed by atoms with Gasteiger partial charge in [0.05, 0.1) is 6.10 Å². The number of aryl methyl sites for hydroxylation is 1. The van der Waals surface area contributed by atoms with E-state index in [1.54, 1.807) is 18.2 Å². The number of aromatic hydroxyl groups is 1. The lowest BCUT2D eigenvalue weighted by molar-refractivity contribution is -0.274. The molecule has 3 nitrogen and oxygen atoms in total. The second-order valence-electron chi connectivity index (χ2n) is 9.79. The van der Waals surface area contributed by atoms with E-state index in [9.17, 15) is 23.4 Å². The Labute approximate surface area is 185 Å². The largest absolute Gasteiger partial charge is 0.573 e. The van der Waals surface area contributed by atoms with Crippen LogP contribution in [-0.4, -0.2) is 22.7 Å². The Morgan fingerprint density at radius 3 is 2.56 bits per heavy atom. The molecule has 6 heteroatoms. The summed E-state index contributed by atoms with van der Waals surface area (Å²) in [6, 6.07) is 11.5. The molecular formula is C26H27F3O3. The number of rotatable bonds is 2. The molecule has 5 rings (SSSR count). The van der Waals surface area contributed by atoms with Gasteiger partial charge in [-0.05, 0) is 96.4 Å². The van der Waals surface area contributed by atoms with Crippen LogP contribution in [0.5, 0.6) is 11.5 Å². The topological polar surface area (TPSA) is 49.7 Å². The van der Waals surface area contributed by atoms with Crippen molar-refractivity contribution in [2.24, 2.45) is 17.3 Å². The van der Waals surface area contributed by atoms with Crippen molar-refractivity contribution in [1.82, 2.24) is 0 Å². The van der Waals surface area contributed by atoms with Crippen LogP contribution < -0.4 is 4.74 Å². The highest BCUT2D eigenvalue weighted by Crippen LogP contribution is 2.62. The van der Waals surface area contributed by atoms with Crippen LogP contribution in [0, 0.1) is 17.3 Å². The fourth-order valence-electron chi connectivity index (χ4n) is 6.55. The van der Waals surface area contributed by atoms with Gasteiger partial charge in [0.15, 0.2) is 0 Å². The maximum absolute atomic E-state index is 12.4. The lowest BCUT2D eigenvalue weighted by Gasteiger charge is -2.49. The van der Waals surface area contributed by atoms with Crippen LogP contribution in [0.25, 0.3) is 6.08 Å². The number of aliphatic hydroxyl groups excluding tert-OH is 1. The zero-order valence-electron chi connectivity index (χ0n) is 17.9. The zero-order chi connectivity index (χ0) is 22.7. The Hall–Kier alpha value is -2.47. The lowest BCUT2D eigenvalue weighted by atomic mass is 9.55. The predicted octanol–water partition coefficient (Wildman–Crippen LogP) is 6.20. The SMILES string of the molecule is C[C@]12CC[C@@H]3c4ccc(O)cc4CC[C@H]3[C@@H]1CC(=Cc1ccc(OC(F)(F)F)cc1)[C@@H]2O. The van der Waals surface area contributed by atoms with Crippen molar-refractivity contribution in [2.75, 3.05) is 0 Å². The molecular weight excluding hydrogens is 417 g/mol. The Bertz CT molecular complexity index is 1040. The quantitative estimate of drug-likeness (QED) is 0.580. The summed E-state index contributed by atoms with van der Waals surface area (Å²) in [4.78, 5) is 0. The van der Waals surface area contributed by atoms with Gasteiger partial charge in [-0.3, -0.25) is 0 Å². The summed E-state index contributed by atoms with van der Waals surface area (Å²) >= 11 is 0. The van der Waals surface area contributed by atoms with E-state index in [1.165, 1.54) is 23.3 Å². The van der Waals surface area contributed by atoms with Gasteiger partial charge in [0.1, 0.15) is 11.5 Å². The molecule has 0 aromatic heterocycles. The van der Waals surface area contributed by atoms with Crippen LogP contribution in [0.4, 0.5) is 13.2 Å². The van der Waals surface area contributed by atoms with Gasteiger partial charge in [0, 0.05) is 5.41 Å². The van der Waals surface area contributed by atoms with E-state index in [0.29, 0.717) is 23.5 Å². The molecule has 3 aliphatic rings. The Morgan fingerprint density at radius 1 is 1.09 bits per heavy atom. The standard InChI is InChI=1S/C26H27F3O3/c1-25-11-10-21-20-9-5-18(30)13-16(20)4-8-22(21)23(25)14-17(24(25)31)12-15-2-6-19(7-3-15)32-26(27,28)29/h2-3,5-7,9,12-13,21-24,30-31H,4,8,10-11,14H2,1H3/t21-,22-,23+,24+,25+/m1/s1. The number of benzene rings is 2. The number of ether oxygens (including phenoxy) is 1. The first kappa shape index (κ1) is 21.4. The monoisotopic (exact) mass is 444 g/mol. The van der Waals surface area contributed by atoms with Gasteiger partial charge in [-0.2, -0.15) is 0 Å². The minimum absolute atomic E-state index is 0.194. The number of phenolic OH excluding ortho intramolecular Hbond substituents is 1. The number of halogens is 3. The zero-order valence-corrected chi connectivity index (χ0v) is 17.9. The highest BCUT2D eigenvalue weighted by Gasteiger charge is 2.56. The van der Waals surface area contributed by atoms with Gasteiger partial charge in [0.2, 0.25) is 0 Å². The Kier molecular flexibility index (Phi) is 5.04. The van der Waals surface area contributed by atoms with Crippen molar-refractivity contribution >= 4 is 6.08 Å². The maximum atomic E-state index is 12.4. The fourth-order valence-corrected chi connectivity index (χ4v) is 6.55. The third-order valence-corrected chi connectivity index (χ3v) is 8.04. The molecule has 170 valence electrons. The number of hydrogen-bond acceptors (Lipinski definition) is 3. The van der Waals surface area contributed by atoms with E-state index in [1.807, 2.05) is 12.1 Å². The molecule has 2 fully saturated rings. The normalized spacial score (nSPS) is 32.8. The molecule has 0 saturated heterocycles.